The van der Waals surface area contributed by atoms with Crippen molar-refractivity contribution in [2.75, 3.05) is 18.0 Å². The van der Waals surface area contributed by atoms with Crippen LogP contribution in [0.15, 0.2) is 22.9 Å². The Morgan fingerprint density at radius 2 is 2.32 bits per heavy atom. The van der Waals surface area contributed by atoms with E-state index >= 15 is 0 Å². The van der Waals surface area contributed by atoms with Gasteiger partial charge < -0.3 is 10.6 Å². The number of amides is 1. The molecule has 2 fully saturated rings. The summed E-state index contributed by atoms with van der Waals surface area (Å²) in [5, 5.41) is 0. The van der Waals surface area contributed by atoms with E-state index in [0.717, 1.165) is 42.5 Å². The molecule has 2 aliphatic rings. The lowest BCUT2D eigenvalue weighted by atomic mass is 9.85. The normalized spacial score (nSPS) is 24.5. The Morgan fingerprint density at radius 3 is 2.95 bits per heavy atom. The molecule has 0 radical (unpaired) electrons. The molecule has 1 saturated heterocycles. The summed E-state index contributed by atoms with van der Waals surface area (Å²) < 4.78 is 1.01. The molecule has 1 saturated carbocycles. The molecule has 1 aliphatic carbocycles. The Labute approximate surface area is 121 Å². The van der Waals surface area contributed by atoms with Crippen molar-refractivity contribution in [3.63, 3.8) is 0 Å². The number of rotatable bonds is 4. The van der Waals surface area contributed by atoms with E-state index in [0.29, 0.717) is 12.3 Å². The second-order valence-electron chi connectivity index (χ2n) is 5.80. The number of hydrogen-bond donors (Lipinski definition) is 1. The van der Waals surface area contributed by atoms with E-state index in [1.54, 1.807) is 6.20 Å². The van der Waals surface area contributed by atoms with Crippen molar-refractivity contribution in [1.82, 2.24) is 4.98 Å². The van der Waals surface area contributed by atoms with E-state index in [2.05, 4.69) is 31.9 Å². The molecule has 3 rings (SSSR count). The number of halogens is 1. The van der Waals surface area contributed by atoms with Crippen LogP contribution in [0.2, 0.25) is 0 Å². The lowest BCUT2D eigenvalue weighted by Crippen LogP contribution is -2.27. The van der Waals surface area contributed by atoms with Gasteiger partial charge in [0.05, 0.1) is 11.9 Å². The summed E-state index contributed by atoms with van der Waals surface area (Å²) in [4.78, 5) is 17.8. The number of pyridine rings is 1. The Kier molecular flexibility index (Phi) is 3.25. The first kappa shape index (κ1) is 12.9. The second-order valence-corrected chi connectivity index (χ2v) is 6.71. The summed E-state index contributed by atoms with van der Waals surface area (Å²) in [7, 11) is 0. The van der Waals surface area contributed by atoms with Gasteiger partial charge in [-0.25, -0.2) is 0 Å². The van der Waals surface area contributed by atoms with Crippen LogP contribution in [0.3, 0.4) is 0 Å². The summed E-state index contributed by atoms with van der Waals surface area (Å²) in [5.74, 6) is 0.444. The summed E-state index contributed by atoms with van der Waals surface area (Å²) in [6.45, 7) is 2.06. The molecule has 0 spiro atoms. The van der Waals surface area contributed by atoms with Gasteiger partial charge >= 0.3 is 0 Å². The quantitative estimate of drug-likeness (QED) is 0.925. The van der Waals surface area contributed by atoms with Gasteiger partial charge in [0.25, 0.3) is 0 Å². The minimum absolute atomic E-state index is 0.153. The van der Waals surface area contributed by atoms with Crippen LogP contribution in [-0.2, 0) is 4.79 Å². The predicted molar refractivity (Wildman–Crippen MR) is 77.7 cm³/mol. The fourth-order valence-electron chi connectivity index (χ4n) is 3.31. The van der Waals surface area contributed by atoms with Gasteiger partial charge in [-0.2, -0.15) is 0 Å². The third-order valence-corrected chi connectivity index (χ3v) is 4.96. The van der Waals surface area contributed by atoms with Crippen molar-refractivity contribution < 1.29 is 4.79 Å². The van der Waals surface area contributed by atoms with Crippen molar-refractivity contribution in [3.05, 3.63) is 22.9 Å². The number of aromatic nitrogens is 1. The standard InChI is InChI=1S/C14H18BrN3O/c15-11-5-12(8-17-7-11)18-4-1-10(9-18)14(2-3-14)6-13(16)19/h5,7-8,10H,1-4,6,9H2,(H2,16,19)/t10-/m0/s1. The van der Waals surface area contributed by atoms with Gasteiger partial charge in [-0.1, -0.05) is 0 Å². The first-order chi connectivity index (χ1) is 9.09. The van der Waals surface area contributed by atoms with Gasteiger partial charge in [0.1, 0.15) is 0 Å². The van der Waals surface area contributed by atoms with E-state index in [4.69, 9.17) is 5.73 Å². The van der Waals surface area contributed by atoms with Crippen LogP contribution in [0.5, 0.6) is 0 Å². The highest BCUT2D eigenvalue weighted by atomic mass is 79.9. The van der Waals surface area contributed by atoms with Crippen LogP contribution in [0.1, 0.15) is 25.7 Å². The second kappa shape index (κ2) is 4.78. The molecule has 2 heterocycles. The van der Waals surface area contributed by atoms with Gasteiger partial charge in [0, 0.05) is 30.2 Å². The maximum absolute atomic E-state index is 11.2. The number of nitrogens with zero attached hydrogens (tertiary/aromatic N) is 2. The minimum Gasteiger partial charge on any atom is -0.370 e. The molecule has 2 N–H and O–H groups in total. The summed E-state index contributed by atoms with van der Waals surface area (Å²) in [6, 6.07) is 2.10. The molecular weight excluding hydrogens is 306 g/mol. The van der Waals surface area contributed by atoms with Crippen molar-refractivity contribution in [2.24, 2.45) is 17.1 Å². The Morgan fingerprint density at radius 1 is 1.53 bits per heavy atom. The Bertz CT molecular complexity index is 501. The molecule has 4 nitrogen and oxygen atoms in total. The molecule has 1 aliphatic heterocycles. The van der Waals surface area contributed by atoms with E-state index in [9.17, 15) is 4.79 Å². The van der Waals surface area contributed by atoms with E-state index in [-0.39, 0.29) is 11.3 Å². The van der Waals surface area contributed by atoms with E-state index in [1.807, 2.05) is 6.20 Å². The van der Waals surface area contributed by atoms with E-state index < -0.39 is 0 Å². The van der Waals surface area contributed by atoms with Crippen LogP contribution >= 0.6 is 15.9 Å². The smallest absolute Gasteiger partial charge is 0.217 e. The highest BCUT2D eigenvalue weighted by molar-refractivity contribution is 9.10. The monoisotopic (exact) mass is 323 g/mol. The number of nitrogens with two attached hydrogens (primary N) is 1. The SMILES string of the molecule is NC(=O)CC1([C@H]2CCN(c3cncc(Br)c3)C2)CC1. The molecule has 0 bridgehead atoms. The summed E-state index contributed by atoms with van der Waals surface area (Å²) in [6.07, 6.45) is 7.73. The molecule has 1 aromatic rings. The highest BCUT2D eigenvalue weighted by Gasteiger charge is 2.51. The topological polar surface area (TPSA) is 59.2 Å². The molecule has 102 valence electrons. The van der Waals surface area contributed by atoms with Crippen LogP contribution < -0.4 is 10.6 Å². The Hall–Kier alpha value is -1.10. The van der Waals surface area contributed by atoms with Crippen LogP contribution in [0.4, 0.5) is 5.69 Å². The fourth-order valence-corrected chi connectivity index (χ4v) is 3.66. The van der Waals surface area contributed by atoms with Gasteiger partial charge in [-0.3, -0.25) is 9.78 Å². The Balaban J connectivity index is 1.69. The number of hydrogen-bond acceptors (Lipinski definition) is 3. The predicted octanol–water partition coefficient (Wildman–Crippen LogP) is 2.33. The van der Waals surface area contributed by atoms with Crippen molar-refractivity contribution in [1.29, 1.82) is 0 Å². The third-order valence-electron chi connectivity index (χ3n) is 4.53. The number of carbonyl (C=O) groups excluding carboxylic acids is 1. The largest absolute Gasteiger partial charge is 0.370 e. The average molecular weight is 324 g/mol. The maximum Gasteiger partial charge on any atom is 0.217 e. The van der Waals surface area contributed by atoms with Gasteiger partial charge in [-0.05, 0) is 52.6 Å². The average Bonchev–Trinajstić information content (AvgIpc) is 2.95. The van der Waals surface area contributed by atoms with Crippen molar-refractivity contribution in [2.45, 2.75) is 25.7 Å². The molecular formula is C14H18BrN3O. The zero-order valence-electron chi connectivity index (χ0n) is 10.8. The first-order valence-electron chi connectivity index (χ1n) is 6.73. The number of anilines is 1. The first-order valence-corrected chi connectivity index (χ1v) is 7.52. The molecule has 0 unspecified atom stereocenters. The third kappa shape index (κ3) is 2.61. The fraction of sp³-hybridized carbons (Fsp3) is 0.571. The maximum atomic E-state index is 11.2. The van der Waals surface area contributed by atoms with Gasteiger partial charge in [-0.15, -0.1) is 0 Å². The molecule has 1 atom stereocenters. The number of primary amides is 1. The van der Waals surface area contributed by atoms with Crippen molar-refractivity contribution >= 4 is 27.5 Å². The molecule has 1 aromatic heterocycles. The zero-order valence-corrected chi connectivity index (χ0v) is 12.4. The van der Waals surface area contributed by atoms with Gasteiger partial charge in [0.15, 0.2) is 0 Å². The molecule has 5 heteroatoms. The molecule has 19 heavy (non-hydrogen) atoms. The van der Waals surface area contributed by atoms with Crippen LogP contribution in [0.25, 0.3) is 0 Å². The van der Waals surface area contributed by atoms with Gasteiger partial charge in [0.2, 0.25) is 5.91 Å². The van der Waals surface area contributed by atoms with Crippen LogP contribution in [0, 0.1) is 11.3 Å². The zero-order chi connectivity index (χ0) is 13.5. The van der Waals surface area contributed by atoms with E-state index in [1.165, 1.54) is 0 Å². The summed E-state index contributed by atoms with van der Waals surface area (Å²) in [5.41, 5.74) is 6.75. The van der Waals surface area contributed by atoms with Crippen molar-refractivity contribution in [3.8, 4) is 0 Å². The molecule has 0 aromatic carbocycles. The summed E-state index contributed by atoms with van der Waals surface area (Å²) >= 11 is 3.46. The number of carbonyl (C=O) groups is 1. The lowest BCUT2D eigenvalue weighted by Gasteiger charge is -2.23. The minimum atomic E-state index is -0.153. The highest BCUT2D eigenvalue weighted by Crippen LogP contribution is 2.57. The van der Waals surface area contributed by atoms with Crippen LogP contribution in [-0.4, -0.2) is 24.0 Å². The molecule has 1 amide bonds. The lowest BCUT2D eigenvalue weighted by molar-refractivity contribution is -0.119.